The van der Waals surface area contributed by atoms with Gasteiger partial charge in [-0.25, -0.2) is 0 Å². The molecule has 1 amide bonds. The standard InChI is InChI=1S/C13H18N2O3/c1-13(12(17)14-2)5-6-15(9-13)7-10-3-4-11(8-16)18-10/h3-4,8H,5-7,9H2,1-2H3,(H,14,17). The molecule has 1 aliphatic rings. The van der Waals surface area contributed by atoms with Gasteiger partial charge in [-0.15, -0.1) is 0 Å². The fraction of sp³-hybridized carbons (Fsp3) is 0.538. The number of carbonyl (C=O) groups is 2. The second kappa shape index (κ2) is 4.94. The zero-order valence-electron chi connectivity index (χ0n) is 10.7. The summed E-state index contributed by atoms with van der Waals surface area (Å²) in [4.78, 5) is 24.5. The number of amides is 1. The highest BCUT2D eigenvalue weighted by atomic mass is 16.3. The van der Waals surface area contributed by atoms with Crippen molar-refractivity contribution in [2.45, 2.75) is 19.9 Å². The van der Waals surface area contributed by atoms with Gasteiger partial charge in [-0.3, -0.25) is 14.5 Å². The second-order valence-electron chi connectivity index (χ2n) is 5.02. The molecule has 5 nitrogen and oxygen atoms in total. The molecule has 2 rings (SSSR count). The highest BCUT2D eigenvalue weighted by Gasteiger charge is 2.39. The van der Waals surface area contributed by atoms with Gasteiger partial charge in [0.05, 0.1) is 12.0 Å². The van der Waals surface area contributed by atoms with Gasteiger partial charge in [-0.1, -0.05) is 0 Å². The van der Waals surface area contributed by atoms with E-state index in [2.05, 4.69) is 10.2 Å². The van der Waals surface area contributed by atoms with Crippen LogP contribution in [0, 0.1) is 5.41 Å². The van der Waals surface area contributed by atoms with Crippen LogP contribution in [0.15, 0.2) is 16.5 Å². The molecule has 1 aliphatic heterocycles. The lowest BCUT2D eigenvalue weighted by Gasteiger charge is -2.22. The van der Waals surface area contributed by atoms with Gasteiger partial charge in [0.1, 0.15) is 5.76 Å². The van der Waals surface area contributed by atoms with E-state index in [1.54, 1.807) is 19.2 Å². The molecule has 1 fully saturated rings. The van der Waals surface area contributed by atoms with Crippen molar-refractivity contribution >= 4 is 12.2 Å². The molecule has 0 radical (unpaired) electrons. The molecule has 1 atom stereocenters. The van der Waals surface area contributed by atoms with Gasteiger partial charge in [-0.05, 0) is 32.0 Å². The SMILES string of the molecule is CNC(=O)C1(C)CCN(Cc2ccc(C=O)o2)C1. The van der Waals surface area contributed by atoms with Crippen molar-refractivity contribution < 1.29 is 14.0 Å². The van der Waals surface area contributed by atoms with E-state index in [-0.39, 0.29) is 11.3 Å². The number of likely N-dealkylation sites (tertiary alicyclic amines) is 1. The van der Waals surface area contributed by atoms with E-state index in [9.17, 15) is 9.59 Å². The topological polar surface area (TPSA) is 62.6 Å². The Hall–Kier alpha value is -1.62. The van der Waals surface area contributed by atoms with Crippen molar-refractivity contribution in [1.82, 2.24) is 10.2 Å². The minimum atomic E-state index is -0.325. The second-order valence-corrected chi connectivity index (χ2v) is 5.02. The molecule has 98 valence electrons. The van der Waals surface area contributed by atoms with Crippen molar-refractivity contribution in [2.24, 2.45) is 5.41 Å². The average molecular weight is 250 g/mol. The lowest BCUT2D eigenvalue weighted by Crippen LogP contribution is -2.39. The lowest BCUT2D eigenvalue weighted by molar-refractivity contribution is -0.129. The summed E-state index contributed by atoms with van der Waals surface area (Å²) in [5, 5.41) is 2.71. The van der Waals surface area contributed by atoms with Crippen molar-refractivity contribution in [3.63, 3.8) is 0 Å². The van der Waals surface area contributed by atoms with E-state index < -0.39 is 0 Å². The monoisotopic (exact) mass is 250 g/mol. The fourth-order valence-corrected chi connectivity index (χ4v) is 2.44. The Balaban J connectivity index is 1.97. The number of furan rings is 1. The molecule has 2 heterocycles. The van der Waals surface area contributed by atoms with E-state index in [0.29, 0.717) is 25.1 Å². The summed E-state index contributed by atoms with van der Waals surface area (Å²) in [7, 11) is 1.67. The molecule has 1 saturated heterocycles. The van der Waals surface area contributed by atoms with Crippen molar-refractivity contribution in [1.29, 1.82) is 0 Å². The molecule has 0 spiro atoms. The molecule has 1 unspecified atom stereocenters. The molecule has 1 aromatic rings. The summed E-state index contributed by atoms with van der Waals surface area (Å²) in [5.74, 6) is 1.19. The Bertz CT molecular complexity index is 455. The predicted molar refractivity (Wildman–Crippen MR) is 66.2 cm³/mol. The molecule has 1 aromatic heterocycles. The van der Waals surface area contributed by atoms with E-state index in [1.807, 2.05) is 6.92 Å². The predicted octanol–water partition coefficient (Wildman–Crippen LogP) is 1.05. The van der Waals surface area contributed by atoms with E-state index >= 15 is 0 Å². The first-order valence-electron chi connectivity index (χ1n) is 6.06. The molecular formula is C13H18N2O3. The number of hydrogen-bond donors (Lipinski definition) is 1. The highest BCUT2D eigenvalue weighted by molar-refractivity contribution is 5.82. The van der Waals surface area contributed by atoms with Gasteiger partial charge in [0.15, 0.2) is 12.0 Å². The summed E-state index contributed by atoms with van der Waals surface area (Å²) in [6.07, 6.45) is 1.54. The zero-order valence-corrected chi connectivity index (χ0v) is 10.7. The van der Waals surface area contributed by atoms with Crippen molar-refractivity contribution in [3.8, 4) is 0 Å². The molecule has 1 N–H and O–H groups in total. The molecule has 0 bridgehead atoms. The Morgan fingerprint density at radius 3 is 3.00 bits per heavy atom. The molecule has 5 heteroatoms. The number of rotatable bonds is 4. The molecular weight excluding hydrogens is 232 g/mol. The van der Waals surface area contributed by atoms with E-state index in [4.69, 9.17) is 4.42 Å². The maximum Gasteiger partial charge on any atom is 0.227 e. The summed E-state index contributed by atoms with van der Waals surface area (Å²) in [6.45, 7) is 4.19. The van der Waals surface area contributed by atoms with Gasteiger partial charge in [0.2, 0.25) is 5.91 Å². The summed E-state index contributed by atoms with van der Waals surface area (Å²) >= 11 is 0. The Morgan fingerprint density at radius 1 is 1.61 bits per heavy atom. The van der Waals surface area contributed by atoms with E-state index in [0.717, 1.165) is 18.7 Å². The molecule has 18 heavy (non-hydrogen) atoms. The third-order valence-electron chi connectivity index (χ3n) is 3.51. The van der Waals surface area contributed by atoms with Crippen LogP contribution in [0.3, 0.4) is 0 Å². The maximum atomic E-state index is 11.8. The van der Waals surface area contributed by atoms with Gasteiger partial charge in [0, 0.05) is 13.6 Å². The van der Waals surface area contributed by atoms with Gasteiger partial charge < -0.3 is 9.73 Å². The largest absolute Gasteiger partial charge is 0.457 e. The van der Waals surface area contributed by atoms with Gasteiger partial charge >= 0.3 is 0 Å². The Kier molecular flexibility index (Phi) is 3.52. The number of aldehydes is 1. The maximum absolute atomic E-state index is 11.8. The van der Waals surface area contributed by atoms with Gasteiger partial charge in [0.25, 0.3) is 0 Å². The normalized spacial score (nSPS) is 24.1. The first-order valence-corrected chi connectivity index (χ1v) is 6.06. The number of carbonyl (C=O) groups excluding carboxylic acids is 2. The van der Waals surface area contributed by atoms with Crippen LogP contribution in [0.25, 0.3) is 0 Å². The number of nitrogens with one attached hydrogen (secondary N) is 1. The smallest absolute Gasteiger partial charge is 0.227 e. The lowest BCUT2D eigenvalue weighted by atomic mass is 9.89. The quantitative estimate of drug-likeness (QED) is 0.811. The summed E-state index contributed by atoms with van der Waals surface area (Å²) in [5.41, 5.74) is -0.325. The number of hydrogen-bond acceptors (Lipinski definition) is 4. The van der Waals surface area contributed by atoms with Crippen LogP contribution < -0.4 is 5.32 Å². The third kappa shape index (κ3) is 2.46. The van der Waals surface area contributed by atoms with Crippen LogP contribution in [-0.4, -0.2) is 37.2 Å². The molecule has 0 aromatic carbocycles. The van der Waals surface area contributed by atoms with Crippen LogP contribution in [0.1, 0.15) is 29.7 Å². The minimum absolute atomic E-state index is 0.0815. The van der Waals surface area contributed by atoms with Crippen LogP contribution in [-0.2, 0) is 11.3 Å². The number of nitrogens with zero attached hydrogens (tertiary/aromatic N) is 1. The zero-order chi connectivity index (χ0) is 13.2. The average Bonchev–Trinajstić information content (AvgIpc) is 2.96. The van der Waals surface area contributed by atoms with E-state index in [1.165, 1.54) is 0 Å². The fourth-order valence-electron chi connectivity index (χ4n) is 2.44. The first kappa shape index (κ1) is 12.8. The van der Waals surface area contributed by atoms with Crippen molar-refractivity contribution in [3.05, 3.63) is 23.7 Å². The first-order chi connectivity index (χ1) is 8.57. The van der Waals surface area contributed by atoms with Crippen molar-refractivity contribution in [2.75, 3.05) is 20.1 Å². The summed E-state index contributed by atoms with van der Waals surface area (Å²) < 4.78 is 5.34. The molecule has 0 aliphatic carbocycles. The molecule has 0 saturated carbocycles. The van der Waals surface area contributed by atoms with Crippen LogP contribution in [0.4, 0.5) is 0 Å². The Labute approximate surface area is 106 Å². The summed E-state index contributed by atoms with van der Waals surface area (Å²) in [6, 6.07) is 3.47. The minimum Gasteiger partial charge on any atom is -0.457 e. The highest BCUT2D eigenvalue weighted by Crippen LogP contribution is 2.31. The van der Waals surface area contributed by atoms with Crippen LogP contribution in [0.2, 0.25) is 0 Å². The van der Waals surface area contributed by atoms with Crippen LogP contribution in [0.5, 0.6) is 0 Å². The third-order valence-corrected chi connectivity index (χ3v) is 3.51. The van der Waals surface area contributed by atoms with Crippen LogP contribution >= 0.6 is 0 Å². The Morgan fingerprint density at radius 2 is 2.39 bits per heavy atom. The van der Waals surface area contributed by atoms with Gasteiger partial charge in [-0.2, -0.15) is 0 Å².